The highest BCUT2D eigenvalue weighted by Crippen LogP contribution is 2.32. The van der Waals surface area contributed by atoms with Crippen molar-refractivity contribution in [2.45, 2.75) is 24.7 Å². The second-order valence-electron chi connectivity index (χ2n) is 3.57. The van der Waals surface area contributed by atoms with Crippen LogP contribution >= 0.6 is 31.9 Å². The number of halogens is 2. The molecule has 0 saturated carbocycles. The molecule has 0 saturated heterocycles. The van der Waals surface area contributed by atoms with Crippen LogP contribution in [0.3, 0.4) is 0 Å². The summed E-state index contributed by atoms with van der Waals surface area (Å²) in [5, 5.41) is 0. The van der Waals surface area contributed by atoms with Crippen molar-refractivity contribution in [3.8, 4) is 0 Å². The molecule has 0 fully saturated rings. The zero-order valence-electron chi connectivity index (χ0n) is 9.33. The molecule has 96 valence electrons. The monoisotopic (exact) mass is 384 g/mol. The fourth-order valence-corrected chi connectivity index (χ4v) is 4.98. The van der Waals surface area contributed by atoms with Crippen molar-refractivity contribution < 1.29 is 8.42 Å². The Bertz CT molecular complexity index is 480. The molecule has 17 heavy (non-hydrogen) atoms. The van der Waals surface area contributed by atoms with Gasteiger partial charge in [0.1, 0.15) is 4.90 Å². The van der Waals surface area contributed by atoms with Gasteiger partial charge in [-0.1, -0.05) is 13.3 Å². The van der Waals surface area contributed by atoms with Crippen LogP contribution in [0.4, 0.5) is 5.69 Å². The normalized spacial score (nSPS) is 11.7. The van der Waals surface area contributed by atoms with Gasteiger partial charge in [0.05, 0.1) is 0 Å². The van der Waals surface area contributed by atoms with E-state index in [4.69, 9.17) is 5.73 Å². The lowest BCUT2D eigenvalue weighted by atomic mass is 10.3. The SMILES string of the molecule is CCCCNS(=O)(=O)c1c(Br)cc(N)cc1Br. The maximum atomic E-state index is 12.0. The van der Waals surface area contributed by atoms with E-state index in [0.29, 0.717) is 21.2 Å². The molecule has 0 radical (unpaired) electrons. The summed E-state index contributed by atoms with van der Waals surface area (Å²) in [6.07, 6.45) is 1.75. The quantitative estimate of drug-likeness (QED) is 0.604. The first kappa shape index (κ1) is 14.9. The van der Waals surface area contributed by atoms with E-state index >= 15 is 0 Å². The Hall–Kier alpha value is -0.110. The number of anilines is 1. The molecular formula is C10H14Br2N2O2S. The average Bonchev–Trinajstić information content (AvgIpc) is 2.15. The molecule has 0 bridgehead atoms. The van der Waals surface area contributed by atoms with Crippen LogP contribution in [-0.2, 0) is 10.0 Å². The predicted molar refractivity (Wildman–Crippen MR) is 76.4 cm³/mol. The Morgan fingerprint density at radius 1 is 1.29 bits per heavy atom. The van der Waals surface area contributed by atoms with E-state index in [2.05, 4.69) is 36.6 Å². The van der Waals surface area contributed by atoms with E-state index in [-0.39, 0.29) is 4.90 Å². The van der Waals surface area contributed by atoms with E-state index < -0.39 is 10.0 Å². The number of sulfonamides is 1. The minimum atomic E-state index is -3.51. The van der Waals surface area contributed by atoms with E-state index in [1.165, 1.54) is 0 Å². The standard InChI is InChI=1S/C10H14Br2N2O2S/c1-2-3-4-14-17(15,16)10-8(11)5-7(13)6-9(10)12/h5-6,14H,2-4,13H2,1H3. The van der Waals surface area contributed by atoms with Gasteiger partial charge < -0.3 is 5.73 Å². The average molecular weight is 386 g/mol. The number of benzene rings is 1. The summed E-state index contributed by atoms with van der Waals surface area (Å²) in [5.41, 5.74) is 6.11. The van der Waals surface area contributed by atoms with E-state index in [0.717, 1.165) is 12.8 Å². The van der Waals surface area contributed by atoms with Gasteiger partial charge in [0.2, 0.25) is 10.0 Å². The zero-order valence-corrected chi connectivity index (χ0v) is 13.3. The molecule has 7 heteroatoms. The summed E-state index contributed by atoms with van der Waals surface area (Å²) in [4.78, 5) is 0.183. The van der Waals surface area contributed by atoms with Gasteiger partial charge in [0, 0.05) is 21.2 Å². The second-order valence-corrected chi connectivity index (χ2v) is 6.98. The van der Waals surface area contributed by atoms with Crippen LogP contribution in [0, 0.1) is 0 Å². The molecule has 0 spiro atoms. The molecule has 1 aromatic carbocycles. The third-order valence-electron chi connectivity index (χ3n) is 2.11. The highest BCUT2D eigenvalue weighted by atomic mass is 79.9. The van der Waals surface area contributed by atoms with Gasteiger partial charge in [-0.05, 0) is 50.4 Å². The third kappa shape index (κ3) is 3.94. The maximum Gasteiger partial charge on any atom is 0.242 e. The lowest BCUT2D eigenvalue weighted by molar-refractivity contribution is 0.577. The van der Waals surface area contributed by atoms with E-state index in [1.54, 1.807) is 12.1 Å². The first-order valence-corrected chi connectivity index (χ1v) is 8.19. The summed E-state index contributed by atoms with van der Waals surface area (Å²) in [7, 11) is -3.51. The van der Waals surface area contributed by atoms with Gasteiger partial charge in [0.25, 0.3) is 0 Å². The molecular weight excluding hydrogens is 372 g/mol. The van der Waals surface area contributed by atoms with Crippen LogP contribution in [0.5, 0.6) is 0 Å². The van der Waals surface area contributed by atoms with Crippen LogP contribution < -0.4 is 10.5 Å². The predicted octanol–water partition coefficient (Wildman–Crippen LogP) is 2.87. The van der Waals surface area contributed by atoms with Gasteiger partial charge in [-0.3, -0.25) is 0 Å². The summed E-state index contributed by atoms with van der Waals surface area (Å²) in [6, 6.07) is 3.14. The molecule has 0 atom stereocenters. The first-order valence-electron chi connectivity index (χ1n) is 5.12. The zero-order chi connectivity index (χ0) is 13.1. The van der Waals surface area contributed by atoms with Gasteiger partial charge >= 0.3 is 0 Å². The smallest absolute Gasteiger partial charge is 0.242 e. The fourth-order valence-electron chi connectivity index (χ4n) is 1.29. The summed E-state index contributed by atoms with van der Waals surface area (Å²) >= 11 is 6.43. The van der Waals surface area contributed by atoms with Crippen molar-refractivity contribution >= 4 is 47.6 Å². The molecule has 0 aromatic heterocycles. The van der Waals surface area contributed by atoms with Crippen molar-refractivity contribution in [3.63, 3.8) is 0 Å². The number of hydrogen-bond acceptors (Lipinski definition) is 3. The molecule has 0 aliphatic rings. The van der Waals surface area contributed by atoms with Crippen molar-refractivity contribution in [2.24, 2.45) is 0 Å². The Kier molecular flexibility index (Phi) is 5.43. The van der Waals surface area contributed by atoms with Crippen LogP contribution in [-0.4, -0.2) is 15.0 Å². The Morgan fingerprint density at radius 3 is 2.29 bits per heavy atom. The van der Waals surface area contributed by atoms with Crippen LogP contribution in [0.15, 0.2) is 26.0 Å². The lowest BCUT2D eigenvalue weighted by Crippen LogP contribution is -2.25. The van der Waals surface area contributed by atoms with Gasteiger partial charge in [-0.25, -0.2) is 13.1 Å². The first-order chi connectivity index (χ1) is 7.88. The molecule has 0 aliphatic carbocycles. The topological polar surface area (TPSA) is 72.2 Å². The van der Waals surface area contributed by atoms with Crippen LogP contribution in [0.1, 0.15) is 19.8 Å². The number of nitrogens with one attached hydrogen (secondary N) is 1. The Morgan fingerprint density at radius 2 is 1.82 bits per heavy atom. The molecule has 0 heterocycles. The molecule has 0 amide bonds. The number of nitrogens with two attached hydrogens (primary N) is 1. The van der Waals surface area contributed by atoms with Crippen LogP contribution in [0.25, 0.3) is 0 Å². The highest BCUT2D eigenvalue weighted by Gasteiger charge is 2.20. The molecule has 1 aromatic rings. The number of rotatable bonds is 5. The summed E-state index contributed by atoms with van der Waals surface area (Å²) < 4.78 is 27.5. The minimum Gasteiger partial charge on any atom is -0.399 e. The van der Waals surface area contributed by atoms with Crippen molar-refractivity contribution in [3.05, 3.63) is 21.1 Å². The fraction of sp³-hybridized carbons (Fsp3) is 0.400. The molecule has 0 aliphatic heterocycles. The Balaban J connectivity index is 3.07. The van der Waals surface area contributed by atoms with E-state index in [1.807, 2.05) is 6.92 Å². The highest BCUT2D eigenvalue weighted by molar-refractivity contribution is 9.11. The van der Waals surface area contributed by atoms with Crippen molar-refractivity contribution in [2.75, 3.05) is 12.3 Å². The van der Waals surface area contributed by atoms with E-state index in [9.17, 15) is 8.42 Å². The maximum absolute atomic E-state index is 12.0. The second kappa shape index (κ2) is 6.17. The third-order valence-corrected chi connectivity index (χ3v) is 5.45. The Labute approximate surface area is 118 Å². The van der Waals surface area contributed by atoms with Gasteiger partial charge in [0.15, 0.2) is 0 Å². The molecule has 4 nitrogen and oxygen atoms in total. The minimum absolute atomic E-state index is 0.183. The van der Waals surface area contributed by atoms with Gasteiger partial charge in [-0.2, -0.15) is 0 Å². The largest absolute Gasteiger partial charge is 0.399 e. The summed E-state index contributed by atoms with van der Waals surface area (Å²) in [6.45, 7) is 2.44. The van der Waals surface area contributed by atoms with Gasteiger partial charge in [-0.15, -0.1) is 0 Å². The molecule has 0 unspecified atom stereocenters. The number of nitrogen functional groups attached to an aromatic ring is 1. The number of unbranched alkanes of at least 4 members (excludes halogenated alkanes) is 1. The van der Waals surface area contributed by atoms with Crippen LogP contribution in [0.2, 0.25) is 0 Å². The molecule has 1 rings (SSSR count). The summed E-state index contributed by atoms with van der Waals surface area (Å²) in [5.74, 6) is 0. The molecule has 3 N–H and O–H groups in total. The lowest BCUT2D eigenvalue weighted by Gasteiger charge is -2.10. The van der Waals surface area contributed by atoms with Crippen molar-refractivity contribution in [1.82, 2.24) is 4.72 Å². The number of hydrogen-bond donors (Lipinski definition) is 2. The van der Waals surface area contributed by atoms with Crippen molar-refractivity contribution in [1.29, 1.82) is 0 Å².